The first-order valence-corrected chi connectivity index (χ1v) is 5.97. The smallest absolute Gasteiger partial charge is 0.271 e. The van der Waals surface area contributed by atoms with Crippen molar-refractivity contribution in [2.45, 2.75) is 13.1 Å². The number of pyridine rings is 1. The molecular weight excluding hydrogens is 244 g/mol. The minimum Gasteiger partial charge on any atom is -0.383 e. The zero-order valence-electron chi connectivity index (χ0n) is 10.7. The van der Waals surface area contributed by atoms with E-state index < -0.39 is 0 Å². The minimum atomic E-state index is -0.181. The monoisotopic (exact) mass is 260 g/mol. The molecule has 6 nitrogen and oxygen atoms in total. The van der Waals surface area contributed by atoms with Crippen molar-refractivity contribution in [2.24, 2.45) is 5.73 Å². The quantitative estimate of drug-likeness (QED) is 0.842. The third kappa shape index (κ3) is 3.04. The Morgan fingerprint density at radius 3 is 2.84 bits per heavy atom. The summed E-state index contributed by atoms with van der Waals surface area (Å²) in [6, 6.07) is 7.23. The van der Waals surface area contributed by atoms with Crippen LogP contribution in [-0.2, 0) is 17.8 Å². The highest BCUT2D eigenvalue weighted by Crippen LogP contribution is 2.12. The molecule has 0 atom stereocenters. The molecule has 0 fully saturated rings. The minimum absolute atomic E-state index is 0.175. The number of nitrogens with two attached hydrogens (primary N) is 1. The standard InChI is InChI=1S/C13H16N4O2/c1-19-7-6-17-13(18)10(9-14)8-12(16-17)11-4-2-3-5-15-11/h2-5,8H,6-7,9,14H2,1H3. The fraction of sp³-hybridized carbons (Fsp3) is 0.308. The van der Waals surface area contributed by atoms with E-state index >= 15 is 0 Å². The average Bonchev–Trinajstić information content (AvgIpc) is 2.47. The lowest BCUT2D eigenvalue weighted by atomic mass is 10.2. The van der Waals surface area contributed by atoms with Gasteiger partial charge in [0.25, 0.3) is 5.56 Å². The Labute approximate surface area is 110 Å². The Kier molecular flexibility index (Phi) is 4.38. The van der Waals surface area contributed by atoms with Crippen molar-refractivity contribution < 1.29 is 4.74 Å². The van der Waals surface area contributed by atoms with Crippen molar-refractivity contribution in [3.05, 3.63) is 46.4 Å². The molecule has 0 aliphatic heterocycles. The number of ether oxygens (including phenoxy) is 1. The van der Waals surface area contributed by atoms with Gasteiger partial charge in [0.1, 0.15) is 5.69 Å². The molecule has 6 heteroatoms. The average molecular weight is 260 g/mol. The molecule has 2 heterocycles. The van der Waals surface area contributed by atoms with Crippen LogP contribution >= 0.6 is 0 Å². The Morgan fingerprint density at radius 2 is 2.21 bits per heavy atom. The third-order valence-corrected chi connectivity index (χ3v) is 2.70. The largest absolute Gasteiger partial charge is 0.383 e. The SMILES string of the molecule is COCCn1nc(-c2ccccn2)cc(CN)c1=O. The number of nitrogens with zero attached hydrogens (tertiary/aromatic N) is 3. The first-order valence-electron chi connectivity index (χ1n) is 5.97. The highest BCUT2D eigenvalue weighted by molar-refractivity contribution is 5.53. The summed E-state index contributed by atoms with van der Waals surface area (Å²) in [6.07, 6.45) is 1.68. The molecule has 2 rings (SSSR count). The lowest BCUT2D eigenvalue weighted by Gasteiger charge is -2.09. The van der Waals surface area contributed by atoms with Gasteiger partial charge in [-0.3, -0.25) is 9.78 Å². The topological polar surface area (TPSA) is 83.0 Å². The fourth-order valence-corrected chi connectivity index (χ4v) is 1.71. The highest BCUT2D eigenvalue weighted by Gasteiger charge is 2.09. The Bertz CT molecular complexity index is 595. The second-order valence-corrected chi connectivity index (χ2v) is 4.00. The molecule has 0 saturated heterocycles. The van der Waals surface area contributed by atoms with Crippen molar-refractivity contribution in [2.75, 3.05) is 13.7 Å². The van der Waals surface area contributed by atoms with Gasteiger partial charge in [-0.25, -0.2) is 4.68 Å². The van der Waals surface area contributed by atoms with E-state index in [-0.39, 0.29) is 12.1 Å². The summed E-state index contributed by atoms with van der Waals surface area (Å²) >= 11 is 0. The van der Waals surface area contributed by atoms with Crippen LogP contribution in [0.1, 0.15) is 5.56 Å². The van der Waals surface area contributed by atoms with Gasteiger partial charge >= 0.3 is 0 Å². The van der Waals surface area contributed by atoms with E-state index in [1.165, 1.54) is 4.68 Å². The molecule has 0 saturated carbocycles. The van der Waals surface area contributed by atoms with Crippen molar-refractivity contribution in [3.8, 4) is 11.4 Å². The molecule has 0 spiro atoms. The van der Waals surface area contributed by atoms with Gasteiger partial charge in [0.15, 0.2) is 0 Å². The maximum absolute atomic E-state index is 12.0. The third-order valence-electron chi connectivity index (χ3n) is 2.70. The number of hydrogen-bond acceptors (Lipinski definition) is 5. The first kappa shape index (κ1) is 13.4. The summed E-state index contributed by atoms with van der Waals surface area (Å²) in [4.78, 5) is 16.3. The van der Waals surface area contributed by atoms with Crippen LogP contribution in [0.15, 0.2) is 35.3 Å². The lowest BCUT2D eigenvalue weighted by Crippen LogP contribution is -2.29. The molecule has 0 unspecified atom stereocenters. The Balaban J connectivity index is 2.48. The molecule has 0 aromatic carbocycles. The Morgan fingerprint density at radius 1 is 1.37 bits per heavy atom. The van der Waals surface area contributed by atoms with E-state index in [0.717, 1.165) is 0 Å². The normalized spacial score (nSPS) is 10.6. The maximum Gasteiger partial charge on any atom is 0.271 e. The van der Waals surface area contributed by atoms with Gasteiger partial charge in [-0.15, -0.1) is 0 Å². The predicted octanol–water partition coefficient (Wildman–Crippen LogP) is 0.410. The van der Waals surface area contributed by atoms with Gasteiger partial charge in [0.2, 0.25) is 0 Å². The van der Waals surface area contributed by atoms with E-state index in [0.29, 0.717) is 30.1 Å². The number of aromatic nitrogens is 3. The van der Waals surface area contributed by atoms with Gasteiger partial charge in [-0.1, -0.05) is 6.07 Å². The molecule has 19 heavy (non-hydrogen) atoms. The zero-order chi connectivity index (χ0) is 13.7. The summed E-state index contributed by atoms with van der Waals surface area (Å²) in [7, 11) is 1.58. The van der Waals surface area contributed by atoms with E-state index in [1.54, 1.807) is 19.4 Å². The van der Waals surface area contributed by atoms with Gasteiger partial charge in [0, 0.05) is 25.4 Å². The molecule has 0 radical (unpaired) electrons. The van der Waals surface area contributed by atoms with Crippen LogP contribution in [0.4, 0.5) is 0 Å². The summed E-state index contributed by atoms with van der Waals surface area (Å²) in [5.41, 5.74) is 7.29. The molecule has 100 valence electrons. The van der Waals surface area contributed by atoms with Crippen molar-refractivity contribution in [1.29, 1.82) is 0 Å². The first-order chi connectivity index (χ1) is 9.26. The van der Waals surface area contributed by atoms with E-state index in [2.05, 4.69) is 10.1 Å². The van der Waals surface area contributed by atoms with Gasteiger partial charge < -0.3 is 10.5 Å². The second-order valence-electron chi connectivity index (χ2n) is 4.00. The predicted molar refractivity (Wildman–Crippen MR) is 71.5 cm³/mol. The zero-order valence-corrected chi connectivity index (χ0v) is 10.7. The van der Waals surface area contributed by atoms with Crippen LogP contribution < -0.4 is 11.3 Å². The second kappa shape index (κ2) is 6.21. The van der Waals surface area contributed by atoms with Crippen molar-refractivity contribution in [1.82, 2.24) is 14.8 Å². The highest BCUT2D eigenvalue weighted by atomic mass is 16.5. The lowest BCUT2D eigenvalue weighted by molar-refractivity contribution is 0.182. The molecule has 0 aliphatic rings. The molecule has 2 N–H and O–H groups in total. The van der Waals surface area contributed by atoms with Gasteiger partial charge in [-0.2, -0.15) is 5.10 Å². The van der Waals surface area contributed by atoms with Crippen LogP contribution in [0.5, 0.6) is 0 Å². The molecule has 2 aromatic heterocycles. The molecule has 0 bridgehead atoms. The molecule has 2 aromatic rings. The van der Waals surface area contributed by atoms with Crippen molar-refractivity contribution >= 4 is 0 Å². The summed E-state index contributed by atoms with van der Waals surface area (Å²) in [5, 5.41) is 4.29. The fourth-order valence-electron chi connectivity index (χ4n) is 1.71. The Hall–Kier alpha value is -2.05. The van der Waals surface area contributed by atoms with Crippen LogP contribution in [0.2, 0.25) is 0 Å². The summed E-state index contributed by atoms with van der Waals surface area (Å²) in [6.45, 7) is 0.986. The van der Waals surface area contributed by atoms with Crippen LogP contribution in [0.25, 0.3) is 11.4 Å². The van der Waals surface area contributed by atoms with Crippen LogP contribution in [0.3, 0.4) is 0 Å². The molecule has 0 aliphatic carbocycles. The number of methoxy groups -OCH3 is 1. The van der Waals surface area contributed by atoms with Crippen molar-refractivity contribution in [3.63, 3.8) is 0 Å². The van der Waals surface area contributed by atoms with Crippen LogP contribution in [-0.4, -0.2) is 28.5 Å². The van der Waals surface area contributed by atoms with E-state index in [4.69, 9.17) is 10.5 Å². The van der Waals surface area contributed by atoms with E-state index in [9.17, 15) is 4.79 Å². The summed E-state index contributed by atoms with van der Waals surface area (Å²) in [5.74, 6) is 0. The number of rotatable bonds is 5. The molecule has 0 amide bonds. The summed E-state index contributed by atoms with van der Waals surface area (Å²) < 4.78 is 6.34. The molecular formula is C13H16N4O2. The number of hydrogen-bond donors (Lipinski definition) is 1. The van der Waals surface area contributed by atoms with E-state index in [1.807, 2.05) is 18.2 Å². The van der Waals surface area contributed by atoms with Crippen LogP contribution in [0, 0.1) is 0 Å². The van der Waals surface area contributed by atoms with Gasteiger partial charge in [0.05, 0.1) is 18.8 Å². The van der Waals surface area contributed by atoms with Gasteiger partial charge in [-0.05, 0) is 18.2 Å². The maximum atomic E-state index is 12.0.